The average Bonchev–Trinajstić information content (AvgIpc) is 3.28. The summed E-state index contributed by atoms with van der Waals surface area (Å²) < 4.78 is 77.0. The molecule has 1 saturated heterocycles. The lowest BCUT2D eigenvalue weighted by Crippen LogP contribution is -2.57. The number of anilines is 1. The highest BCUT2D eigenvalue weighted by Crippen LogP contribution is 2.37. The van der Waals surface area contributed by atoms with Crippen molar-refractivity contribution in [2.75, 3.05) is 24.6 Å². The van der Waals surface area contributed by atoms with E-state index in [-0.39, 0.29) is 12.4 Å². The van der Waals surface area contributed by atoms with Crippen molar-refractivity contribution < 1.29 is 35.8 Å². The number of nitrogens with zero attached hydrogens (tertiary/aromatic N) is 4. The fourth-order valence-electron chi connectivity index (χ4n) is 2.98. The smallest absolute Gasteiger partial charge is 0.443 e. The summed E-state index contributed by atoms with van der Waals surface area (Å²) in [5, 5.41) is 2.96. The SMILES string of the molecule is Cc1ccc(N2CC(F)(F)C2)c(OCC2CC2)[n+]1Cc1nc(C(F)(F)F)no1. The minimum Gasteiger partial charge on any atom is -0.443 e. The quantitative estimate of drug-likeness (QED) is 0.547. The summed E-state index contributed by atoms with van der Waals surface area (Å²) in [5.74, 6) is -3.66. The molecule has 4 rings (SSSR count). The molecule has 28 heavy (non-hydrogen) atoms. The molecule has 2 aromatic rings. The molecular weight excluding hydrogens is 387 g/mol. The van der Waals surface area contributed by atoms with Crippen LogP contribution in [0.4, 0.5) is 27.6 Å². The van der Waals surface area contributed by atoms with Gasteiger partial charge in [0, 0.05) is 13.0 Å². The molecule has 2 aliphatic rings. The molecule has 6 nitrogen and oxygen atoms in total. The van der Waals surface area contributed by atoms with E-state index in [9.17, 15) is 22.0 Å². The van der Waals surface area contributed by atoms with Crippen LogP contribution in [-0.4, -0.2) is 35.8 Å². The van der Waals surface area contributed by atoms with Crippen molar-refractivity contribution in [2.24, 2.45) is 5.92 Å². The van der Waals surface area contributed by atoms with Crippen LogP contribution in [-0.2, 0) is 12.7 Å². The first kappa shape index (κ1) is 18.9. The standard InChI is InChI=1S/C17H18F5N4O2/c1-10-2-5-12(25-8-16(18,19)9-25)14(27-7-11-3-4-11)26(10)6-13-23-15(24-28-13)17(20,21)22/h2,5,11H,3-4,6-9H2,1H3/q+1. The molecule has 3 heterocycles. The lowest BCUT2D eigenvalue weighted by molar-refractivity contribution is -0.701. The van der Waals surface area contributed by atoms with Crippen molar-refractivity contribution in [3.05, 3.63) is 29.5 Å². The lowest BCUT2D eigenvalue weighted by Gasteiger charge is -2.39. The normalized spacial score (nSPS) is 18.9. The predicted octanol–water partition coefficient (Wildman–Crippen LogP) is 2.98. The molecular formula is C17H18F5N4O2+. The maximum atomic E-state index is 13.3. The van der Waals surface area contributed by atoms with E-state index >= 15 is 0 Å². The van der Waals surface area contributed by atoms with Crippen LogP contribution in [0.1, 0.15) is 30.3 Å². The fourth-order valence-corrected chi connectivity index (χ4v) is 2.98. The zero-order chi connectivity index (χ0) is 20.1. The Morgan fingerprint density at radius 1 is 1.29 bits per heavy atom. The third-order valence-corrected chi connectivity index (χ3v) is 4.73. The molecule has 0 unspecified atom stereocenters. The van der Waals surface area contributed by atoms with E-state index < -0.39 is 31.0 Å². The largest absolute Gasteiger partial charge is 0.455 e. The van der Waals surface area contributed by atoms with E-state index in [4.69, 9.17) is 9.26 Å². The second kappa shape index (κ2) is 6.56. The van der Waals surface area contributed by atoms with Crippen LogP contribution >= 0.6 is 0 Å². The van der Waals surface area contributed by atoms with Gasteiger partial charge in [0.05, 0.1) is 19.7 Å². The van der Waals surface area contributed by atoms with Gasteiger partial charge < -0.3 is 14.2 Å². The highest BCUT2D eigenvalue weighted by molar-refractivity contribution is 5.56. The first-order valence-corrected chi connectivity index (χ1v) is 8.81. The van der Waals surface area contributed by atoms with E-state index in [1.165, 1.54) is 4.90 Å². The number of hydrogen-bond acceptors (Lipinski definition) is 5. The maximum absolute atomic E-state index is 13.3. The molecule has 0 bridgehead atoms. The van der Waals surface area contributed by atoms with Crippen molar-refractivity contribution >= 4 is 5.69 Å². The summed E-state index contributed by atoms with van der Waals surface area (Å²) in [5.41, 5.74) is 1.13. The highest BCUT2D eigenvalue weighted by Gasteiger charge is 2.46. The van der Waals surface area contributed by atoms with Gasteiger partial charge >= 0.3 is 12.1 Å². The first-order valence-electron chi connectivity index (χ1n) is 8.81. The Kier molecular flexibility index (Phi) is 4.42. The minimum absolute atomic E-state index is 0.160. The summed E-state index contributed by atoms with van der Waals surface area (Å²) in [6, 6.07) is 3.37. The number of aromatic nitrogens is 3. The molecule has 0 atom stereocenters. The Morgan fingerprint density at radius 3 is 2.57 bits per heavy atom. The van der Waals surface area contributed by atoms with E-state index in [1.807, 2.05) is 0 Å². The van der Waals surface area contributed by atoms with Gasteiger partial charge in [-0.1, -0.05) is 5.16 Å². The summed E-state index contributed by atoms with van der Waals surface area (Å²) in [7, 11) is 0. The first-order chi connectivity index (χ1) is 13.1. The monoisotopic (exact) mass is 405 g/mol. The van der Waals surface area contributed by atoms with Gasteiger partial charge in [-0.3, -0.25) is 0 Å². The molecule has 2 fully saturated rings. The third kappa shape index (κ3) is 3.88. The Hall–Kier alpha value is -2.46. The van der Waals surface area contributed by atoms with Crippen molar-refractivity contribution in [2.45, 2.75) is 38.4 Å². The number of aryl methyl sites for hydroxylation is 1. The summed E-state index contributed by atoms with van der Waals surface area (Å²) in [6.07, 6.45) is -2.65. The summed E-state index contributed by atoms with van der Waals surface area (Å²) in [6.45, 7) is 1.12. The van der Waals surface area contributed by atoms with Crippen molar-refractivity contribution in [1.82, 2.24) is 10.1 Å². The Bertz CT molecular complexity index is 871. The van der Waals surface area contributed by atoms with Crippen LogP contribution < -0.4 is 14.2 Å². The second-order valence-corrected chi connectivity index (χ2v) is 7.23. The molecule has 152 valence electrons. The topological polar surface area (TPSA) is 55.3 Å². The van der Waals surface area contributed by atoms with Crippen LogP contribution in [0.3, 0.4) is 0 Å². The van der Waals surface area contributed by atoms with Crippen molar-refractivity contribution in [1.29, 1.82) is 0 Å². The Balaban J connectivity index is 1.65. The number of rotatable bonds is 6. The van der Waals surface area contributed by atoms with Crippen LogP contribution in [0.2, 0.25) is 0 Å². The molecule has 0 spiro atoms. The lowest BCUT2D eigenvalue weighted by atomic mass is 10.1. The number of halogens is 5. The van der Waals surface area contributed by atoms with Gasteiger partial charge in [0.25, 0.3) is 17.6 Å². The highest BCUT2D eigenvalue weighted by atomic mass is 19.4. The molecule has 1 saturated carbocycles. The van der Waals surface area contributed by atoms with Crippen LogP contribution in [0, 0.1) is 12.8 Å². The molecule has 1 aliphatic carbocycles. The zero-order valence-electron chi connectivity index (χ0n) is 15.0. The minimum atomic E-state index is -4.71. The predicted molar refractivity (Wildman–Crippen MR) is 85.2 cm³/mol. The molecule has 2 aromatic heterocycles. The van der Waals surface area contributed by atoms with Gasteiger partial charge in [-0.15, -0.1) is 0 Å². The molecule has 1 aliphatic heterocycles. The van der Waals surface area contributed by atoms with Gasteiger partial charge in [-0.05, 0) is 24.8 Å². The molecule has 0 radical (unpaired) electrons. The van der Waals surface area contributed by atoms with E-state index in [0.717, 1.165) is 12.8 Å². The molecule has 0 amide bonds. The van der Waals surface area contributed by atoms with E-state index in [1.54, 1.807) is 23.6 Å². The van der Waals surface area contributed by atoms with Gasteiger partial charge in [-0.25, -0.2) is 8.78 Å². The van der Waals surface area contributed by atoms with E-state index in [0.29, 0.717) is 29.8 Å². The number of alkyl halides is 5. The summed E-state index contributed by atoms with van der Waals surface area (Å²) >= 11 is 0. The van der Waals surface area contributed by atoms with Gasteiger partial charge in [0.2, 0.25) is 6.54 Å². The number of ether oxygens (including phenoxy) is 1. The third-order valence-electron chi connectivity index (χ3n) is 4.73. The molecule has 0 aromatic carbocycles. The fraction of sp³-hybridized carbons (Fsp3) is 0.588. The van der Waals surface area contributed by atoms with Crippen molar-refractivity contribution in [3.63, 3.8) is 0 Å². The van der Waals surface area contributed by atoms with Crippen LogP contribution in [0.5, 0.6) is 5.88 Å². The molecule has 11 heteroatoms. The Morgan fingerprint density at radius 2 is 2.00 bits per heavy atom. The van der Waals surface area contributed by atoms with Crippen LogP contribution in [0.25, 0.3) is 0 Å². The number of hydrogen-bond donors (Lipinski definition) is 0. The van der Waals surface area contributed by atoms with Gasteiger partial charge in [-0.2, -0.15) is 22.7 Å². The van der Waals surface area contributed by atoms with Gasteiger partial charge in [0.15, 0.2) is 11.4 Å². The molecule has 0 N–H and O–H groups in total. The number of pyridine rings is 1. The Labute approximate surface area is 156 Å². The maximum Gasteiger partial charge on any atom is 0.455 e. The van der Waals surface area contributed by atoms with Gasteiger partial charge in [0.1, 0.15) is 0 Å². The second-order valence-electron chi connectivity index (χ2n) is 7.23. The van der Waals surface area contributed by atoms with Crippen molar-refractivity contribution in [3.8, 4) is 5.88 Å². The van der Waals surface area contributed by atoms with Crippen LogP contribution in [0.15, 0.2) is 16.7 Å². The van der Waals surface area contributed by atoms with E-state index in [2.05, 4.69) is 10.1 Å². The average molecular weight is 405 g/mol. The summed E-state index contributed by atoms with van der Waals surface area (Å²) in [4.78, 5) is 4.86. The zero-order valence-corrected chi connectivity index (χ0v) is 15.0.